The highest BCUT2D eigenvalue weighted by Gasteiger charge is 2.18. The molecule has 1 N–H and O–H groups in total. The Labute approximate surface area is 108 Å². The van der Waals surface area contributed by atoms with Crippen LogP contribution in [-0.2, 0) is 11.2 Å². The molecule has 0 spiro atoms. The van der Waals surface area contributed by atoms with Crippen molar-refractivity contribution in [2.24, 2.45) is 0 Å². The van der Waals surface area contributed by atoms with Crippen LogP contribution in [0.2, 0.25) is 0 Å². The lowest BCUT2D eigenvalue weighted by Crippen LogP contribution is -2.13. The molecule has 1 aliphatic carbocycles. The molecule has 1 unspecified atom stereocenters. The van der Waals surface area contributed by atoms with E-state index in [4.69, 9.17) is 17.0 Å². The minimum absolute atomic E-state index is 0.173. The maximum atomic E-state index is 5.27. The molecule has 1 aliphatic rings. The first-order chi connectivity index (χ1) is 8.19. The summed E-state index contributed by atoms with van der Waals surface area (Å²) in [4.78, 5) is 7.81. The van der Waals surface area contributed by atoms with Gasteiger partial charge in [0.1, 0.15) is 10.5 Å². The molecule has 0 amide bonds. The van der Waals surface area contributed by atoms with Crippen LogP contribution in [0.4, 0.5) is 0 Å². The lowest BCUT2D eigenvalue weighted by molar-refractivity contribution is 0.117. The fourth-order valence-electron chi connectivity index (χ4n) is 2.44. The van der Waals surface area contributed by atoms with Crippen molar-refractivity contribution in [3.05, 3.63) is 22.2 Å². The van der Waals surface area contributed by atoms with Crippen LogP contribution < -0.4 is 0 Å². The Bertz CT molecular complexity index is 424. The van der Waals surface area contributed by atoms with Gasteiger partial charge in [-0.15, -0.1) is 0 Å². The number of hydrogen-bond donors (Lipinski definition) is 1. The van der Waals surface area contributed by atoms with Crippen LogP contribution in [0.3, 0.4) is 0 Å². The number of hydrogen-bond acceptors (Lipinski definition) is 3. The monoisotopic (exact) mass is 252 g/mol. The second-order valence-electron chi connectivity index (χ2n) is 4.85. The third-order valence-electron chi connectivity index (χ3n) is 3.49. The third kappa shape index (κ3) is 3.36. The van der Waals surface area contributed by atoms with E-state index in [2.05, 4.69) is 9.97 Å². The average molecular weight is 252 g/mol. The normalized spacial score (nSPS) is 18.5. The highest BCUT2D eigenvalue weighted by atomic mass is 32.1. The van der Waals surface area contributed by atoms with Gasteiger partial charge in [0.25, 0.3) is 0 Å². The van der Waals surface area contributed by atoms with Crippen LogP contribution >= 0.6 is 12.2 Å². The Morgan fingerprint density at radius 3 is 2.88 bits per heavy atom. The molecule has 0 aliphatic heterocycles. The molecule has 0 aromatic carbocycles. The van der Waals surface area contributed by atoms with E-state index in [1.165, 1.54) is 31.4 Å². The number of ether oxygens (including phenoxy) is 1. The molecule has 4 heteroatoms. The van der Waals surface area contributed by atoms with Gasteiger partial charge in [-0.25, -0.2) is 4.98 Å². The number of H-pyrrole nitrogens is 1. The zero-order valence-electron chi connectivity index (χ0n) is 10.5. The van der Waals surface area contributed by atoms with E-state index in [0.717, 1.165) is 12.2 Å². The predicted octanol–water partition coefficient (Wildman–Crippen LogP) is 3.37. The van der Waals surface area contributed by atoms with Crippen LogP contribution in [-0.4, -0.2) is 23.2 Å². The second kappa shape index (κ2) is 5.74. The molecule has 0 bridgehead atoms. The van der Waals surface area contributed by atoms with Crippen molar-refractivity contribution in [2.75, 3.05) is 7.11 Å². The molecule has 1 heterocycles. The second-order valence-corrected chi connectivity index (χ2v) is 5.27. The maximum absolute atomic E-state index is 5.27. The molecular weight excluding hydrogens is 232 g/mol. The zero-order chi connectivity index (χ0) is 12.3. The summed E-state index contributed by atoms with van der Waals surface area (Å²) in [6, 6.07) is 2.02. The first-order valence-corrected chi connectivity index (χ1v) is 6.73. The lowest BCUT2D eigenvalue weighted by atomic mass is 10.0. The average Bonchev–Trinajstić information content (AvgIpc) is 2.81. The number of aromatic amines is 1. The van der Waals surface area contributed by atoms with Gasteiger partial charge in [-0.3, -0.25) is 0 Å². The first kappa shape index (κ1) is 12.7. The molecule has 17 heavy (non-hydrogen) atoms. The number of rotatable bonds is 4. The van der Waals surface area contributed by atoms with Crippen molar-refractivity contribution < 1.29 is 4.74 Å². The van der Waals surface area contributed by atoms with Gasteiger partial charge in [0.2, 0.25) is 0 Å². The van der Waals surface area contributed by atoms with Crippen molar-refractivity contribution in [3.63, 3.8) is 0 Å². The topological polar surface area (TPSA) is 37.9 Å². The summed E-state index contributed by atoms with van der Waals surface area (Å²) >= 11 is 5.24. The van der Waals surface area contributed by atoms with Crippen molar-refractivity contribution in [1.29, 1.82) is 0 Å². The van der Waals surface area contributed by atoms with Crippen molar-refractivity contribution in [1.82, 2.24) is 9.97 Å². The molecule has 3 nitrogen and oxygen atoms in total. The summed E-state index contributed by atoms with van der Waals surface area (Å²) in [5.74, 6) is 1.60. The van der Waals surface area contributed by atoms with Gasteiger partial charge >= 0.3 is 0 Å². The summed E-state index contributed by atoms with van der Waals surface area (Å²) in [6.07, 6.45) is 6.17. The van der Waals surface area contributed by atoms with Gasteiger partial charge < -0.3 is 9.72 Å². The summed E-state index contributed by atoms with van der Waals surface area (Å²) in [5, 5.41) is 0. The minimum atomic E-state index is 0.173. The van der Waals surface area contributed by atoms with Gasteiger partial charge in [0, 0.05) is 19.2 Å². The molecule has 1 saturated carbocycles. The number of aromatic nitrogens is 2. The summed E-state index contributed by atoms with van der Waals surface area (Å²) in [7, 11) is 1.72. The summed E-state index contributed by atoms with van der Waals surface area (Å²) < 4.78 is 5.96. The van der Waals surface area contributed by atoms with Crippen LogP contribution in [0, 0.1) is 4.64 Å². The van der Waals surface area contributed by atoms with Crippen LogP contribution in [0.25, 0.3) is 0 Å². The Morgan fingerprint density at radius 1 is 1.53 bits per heavy atom. The molecule has 94 valence electrons. The molecule has 0 saturated heterocycles. The Kier molecular flexibility index (Phi) is 4.29. The Morgan fingerprint density at radius 2 is 2.24 bits per heavy atom. The van der Waals surface area contributed by atoms with Gasteiger partial charge in [-0.05, 0) is 31.7 Å². The van der Waals surface area contributed by atoms with E-state index in [-0.39, 0.29) is 6.10 Å². The van der Waals surface area contributed by atoms with E-state index in [9.17, 15) is 0 Å². The number of nitrogens with one attached hydrogen (secondary N) is 1. The Hall–Kier alpha value is -0.740. The van der Waals surface area contributed by atoms with E-state index in [1.54, 1.807) is 7.11 Å². The largest absolute Gasteiger partial charge is 0.381 e. The van der Waals surface area contributed by atoms with Gasteiger partial charge in [0.15, 0.2) is 0 Å². The molecule has 0 radical (unpaired) electrons. The number of methoxy groups -OCH3 is 1. The predicted molar refractivity (Wildman–Crippen MR) is 70.8 cm³/mol. The third-order valence-corrected chi connectivity index (χ3v) is 3.70. The maximum Gasteiger partial charge on any atom is 0.129 e. The molecular formula is C13H20N2OS. The van der Waals surface area contributed by atoms with Gasteiger partial charge in [-0.2, -0.15) is 0 Å². The van der Waals surface area contributed by atoms with Crippen LogP contribution in [0.5, 0.6) is 0 Å². The molecule has 1 atom stereocenters. The minimum Gasteiger partial charge on any atom is -0.381 e. The molecule has 2 rings (SSSR count). The molecule has 1 aromatic heterocycles. The van der Waals surface area contributed by atoms with Crippen molar-refractivity contribution >= 4 is 12.2 Å². The van der Waals surface area contributed by atoms with E-state index in [0.29, 0.717) is 10.6 Å². The fraction of sp³-hybridized carbons (Fsp3) is 0.692. The van der Waals surface area contributed by atoms with Gasteiger partial charge in [0.05, 0.1) is 6.10 Å². The fourth-order valence-corrected chi connectivity index (χ4v) is 2.68. The number of nitrogens with zero attached hydrogens (tertiary/aromatic N) is 1. The van der Waals surface area contributed by atoms with Crippen LogP contribution in [0.15, 0.2) is 6.07 Å². The summed E-state index contributed by atoms with van der Waals surface area (Å²) in [5.41, 5.74) is 1.26. The van der Waals surface area contributed by atoms with Gasteiger partial charge in [-0.1, -0.05) is 25.1 Å². The highest BCUT2D eigenvalue weighted by Crippen LogP contribution is 2.32. The standard InChI is InChI=1S/C13H20N2OS/c1-9(16-2)7-12-14-11(8-13(17)15-12)10-5-3-4-6-10/h8-10H,3-7H2,1-2H3,(H,14,15,17). The first-order valence-electron chi connectivity index (χ1n) is 6.32. The lowest BCUT2D eigenvalue weighted by Gasteiger charge is -2.13. The quantitative estimate of drug-likeness (QED) is 0.835. The van der Waals surface area contributed by atoms with Crippen molar-refractivity contribution in [3.8, 4) is 0 Å². The van der Waals surface area contributed by atoms with E-state index < -0.39 is 0 Å². The van der Waals surface area contributed by atoms with Crippen LogP contribution in [0.1, 0.15) is 50.0 Å². The SMILES string of the molecule is COC(C)Cc1nc(=S)cc(C2CCCC2)[nH]1. The highest BCUT2D eigenvalue weighted by molar-refractivity contribution is 7.71. The zero-order valence-corrected chi connectivity index (χ0v) is 11.3. The summed E-state index contributed by atoms with van der Waals surface area (Å²) in [6.45, 7) is 2.04. The smallest absolute Gasteiger partial charge is 0.129 e. The van der Waals surface area contributed by atoms with E-state index >= 15 is 0 Å². The van der Waals surface area contributed by atoms with E-state index in [1.807, 2.05) is 13.0 Å². The molecule has 1 aromatic rings. The van der Waals surface area contributed by atoms with Crippen molar-refractivity contribution in [2.45, 2.75) is 51.0 Å². The Balaban J connectivity index is 2.19. The molecule has 1 fully saturated rings.